The Morgan fingerprint density at radius 3 is 3.12 bits per heavy atom. The third kappa shape index (κ3) is 1.73. The number of para-hydroxylation sites is 1. The Hall–Kier alpha value is -2.37. The van der Waals surface area contributed by atoms with Crippen molar-refractivity contribution in [3.8, 4) is 0 Å². The van der Waals surface area contributed by atoms with Gasteiger partial charge < -0.3 is 5.32 Å². The molecule has 0 atom stereocenters. The highest BCUT2D eigenvalue weighted by molar-refractivity contribution is 5.89. The summed E-state index contributed by atoms with van der Waals surface area (Å²) < 4.78 is 1.75. The molecule has 3 rings (SSSR count). The summed E-state index contributed by atoms with van der Waals surface area (Å²) in [4.78, 5) is 0. The smallest absolute Gasteiger partial charge is 0.0881 e. The summed E-state index contributed by atoms with van der Waals surface area (Å²) in [5.41, 5.74) is 3.07. The molecule has 17 heavy (non-hydrogen) atoms. The van der Waals surface area contributed by atoms with Crippen LogP contribution in [0.15, 0.2) is 30.6 Å². The van der Waals surface area contributed by atoms with Crippen molar-refractivity contribution in [2.75, 3.05) is 5.32 Å². The van der Waals surface area contributed by atoms with Crippen molar-refractivity contribution in [1.29, 1.82) is 0 Å². The maximum Gasteiger partial charge on any atom is 0.0881 e. The Kier molecular flexibility index (Phi) is 2.25. The van der Waals surface area contributed by atoms with Crippen LogP contribution < -0.4 is 5.32 Å². The zero-order chi connectivity index (χ0) is 11.7. The first-order valence-electron chi connectivity index (χ1n) is 5.34. The number of aromatic amines is 1. The zero-order valence-electron chi connectivity index (χ0n) is 9.38. The van der Waals surface area contributed by atoms with Gasteiger partial charge >= 0.3 is 0 Å². The molecule has 2 aromatic heterocycles. The van der Waals surface area contributed by atoms with Crippen LogP contribution in [0.4, 0.5) is 5.69 Å². The zero-order valence-corrected chi connectivity index (χ0v) is 9.38. The SMILES string of the molecule is Cn1nncc1CNc1cccc2cn[nH]c12. The molecule has 0 amide bonds. The van der Waals surface area contributed by atoms with E-state index in [-0.39, 0.29) is 0 Å². The summed E-state index contributed by atoms with van der Waals surface area (Å²) in [5.74, 6) is 0. The maximum atomic E-state index is 4.03. The number of anilines is 1. The Morgan fingerprint density at radius 1 is 1.35 bits per heavy atom. The summed E-state index contributed by atoms with van der Waals surface area (Å²) in [7, 11) is 1.88. The lowest BCUT2D eigenvalue weighted by Gasteiger charge is -2.06. The molecular weight excluding hydrogens is 216 g/mol. The molecule has 0 aliphatic carbocycles. The van der Waals surface area contributed by atoms with Crippen LogP contribution in [0.5, 0.6) is 0 Å². The van der Waals surface area contributed by atoms with Crippen LogP contribution in [0.3, 0.4) is 0 Å². The van der Waals surface area contributed by atoms with Gasteiger partial charge in [-0.2, -0.15) is 5.10 Å². The van der Waals surface area contributed by atoms with Gasteiger partial charge in [0.15, 0.2) is 0 Å². The van der Waals surface area contributed by atoms with Crippen LogP contribution in [-0.2, 0) is 13.6 Å². The van der Waals surface area contributed by atoms with E-state index in [1.165, 1.54) is 0 Å². The quantitative estimate of drug-likeness (QED) is 0.709. The largest absolute Gasteiger partial charge is 0.378 e. The molecule has 0 fully saturated rings. The molecule has 0 saturated carbocycles. The van der Waals surface area contributed by atoms with Gasteiger partial charge in [-0.15, -0.1) is 5.10 Å². The molecule has 2 heterocycles. The Bertz CT molecular complexity index is 638. The predicted molar refractivity (Wildman–Crippen MR) is 64.4 cm³/mol. The molecular formula is C11H12N6. The van der Waals surface area contributed by atoms with Gasteiger partial charge in [0.05, 0.1) is 35.8 Å². The third-order valence-electron chi connectivity index (χ3n) is 2.74. The van der Waals surface area contributed by atoms with E-state index in [1.54, 1.807) is 10.9 Å². The molecule has 0 saturated heterocycles. The maximum absolute atomic E-state index is 4.03. The fraction of sp³-hybridized carbons (Fsp3) is 0.182. The number of aromatic nitrogens is 5. The molecule has 1 aromatic carbocycles. The first kappa shape index (κ1) is 9.83. The summed E-state index contributed by atoms with van der Waals surface area (Å²) in [5, 5.41) is 19.2. The van der Waals surface area contributed by atoms with Crippen LogP contribution in [0, 0.1) is 0 Å². The minimum atomic E-state index is 0.682. The second-order valence-electron chi connectivity index (χ2n) is 3.84. The molecule has 0 unspecified atom stereocenters. The van der Waals surface area contributed by atoms with E-state index in [1.807, 2.05) is 31.4 Å². The lowest BCUT2D eigenvalue weighted by molar-refractivity contribution is 0.683. The van der Waals surface area contributed by atoms with Crippen LogP contribution in [0.2, 0.25) is 0 Å². The molecule has 0 bridgehead atoms. The number of hydrogen-bond acceptors (Lipinski definition) is 4. The highest BCUT2D eigenvalue weighted by Gasteiger charge is 2.03. The monoisotopic (exact) mass is 228 g/mol. The van der Waals surface area contributed by atoms with Crippen LogP contribution in [0.1, 0.15) is 5.69 Å². The van der Waals surface area contributed by atoms with Gasteiger partial charge in [0.2, 0.25) is 0 Å². The number of hydrogen-bond donors (Lipinski definition) is 2. The Labute approximate surface area is 97.6 Å². The lowest BCUT2D eigenvalue weighted by Crippen LogP contribution is -2.05. The fourth-order valence-corrected chi connectivity index (χ4v) is 1.77. The van der Waals surface area contributed by atoms with Gasteiger partial charge in [0.1, 0.15) is 0 Å². The van der Waals surface area contributed by atoms with Gasteiger partial charge in [-0.3, -0.25) is 9.78 Å². The highest BCUT2D eigenvalue weighted by Crippen LogP contribution is 2.20. The van der Waals surface area contributed by atoms with Crippen molar-refractivity contribution in [3.63, 3.8) is 0 Å². The molecule has 6 heteroatoms. The first-order chi connectivity index (χ1) is 8.34. The molecule has 0 spiro atoms. The van der Waals surface area contributed by atoms with Crippen molar-refractivity contribution < 1.29 is 0 Å². The van der Waals surface area contributed by atoms with Crippen LogP contribution in [0.25, 0.3) is 10.9 Å². The number of aryl methyl sites for hydroxylation is 1. The minimum absolute atomic E-state index is 0.682. The molecule has 6 nitrogen and oxygen atoms in total. The number of fused-ring (bicyclic) bond motifs is 1. The number of nitrogens with one attached hydrogen (secondary N) is 2. The average molecular weight is 228 g/mol. The van der Waals surface area contributed by atoms with E-state index in [2.05, 4.69) is 25.8 Å². The molecule has 0 aliphatic rings. The lowest BCUT2D eigenvalue weighted by atomic mass is 10.2. The van der Waals surface area contributed by atoms with E-state index in [0.29, 0.717) is 6.54 Å². The molecule has 3 aromatic rings. The van der Waals surface area contributed by atoms with Gasteiger partial charge in [0.25, 0.3) is 0 Å². The normalized spacial score (nSPS) is 10.9. The summed E-state index contributed by atoms with van der Waals surface area (Å²) in [6.07, 6.45) is 3.56. The Morgan fingerprint density at radius 2 is 2.29 bits per heavy atom. The topological polar surface area (TPSA) is 71.4 Å². The average Bonchev–Trinajstić information content (AvgIpc) is 2.95. The van der Waals surface area contributed by atoms with E-state index < -0.39 is 0 Å². The fourth-order valence-electron chi connectivity index (χ4n) is 1.77. The second-order valence-corrected chi connectivity index (χ2v) is 3.84. The molecule has 0 aliphatic heterocycles. The number of nitrogens with zero attached hydrogens (tertiary/aromatic N) is 4. The van der Waals surface area contributed by atoms with Crippen molar-refractivity contribution >= 4 is 16.6 Å². The Balaban J connectivity index is 1.86. The number of rotatable bonds is 3. The van der Waals surface area contributed by atoms with Crippen molar-refractivity contribution in [2.45, 2.75) is 6.54 Å². The number of H-pyrrole nitrogens is 1. The second kappa shape index (κ2) is 3.89. The summed E-state index contributed by atoms with van der Waals surface area (Å²) in [6, 6.07) is 6.04. The predicted octanol–water partition coefficient (Wildman–Crippen LogP) is 1.30. The van der Waals surface area contributed by atoms with E-state index in [9.17, 15) is 0 Å². The minimum Gasteiger partial charge on any atom is -0.378 e. The van der Waals surface area contributed by atoms with E-state index in [4.69, 9.17) is 0 Å². The summed E-state index contributed by atoms with van der Waals surface area (Å²) >= 11 is 0. The highest BCUT2D eigenvalue weighted by atomic mass is 15.4. The van der Waals surface area contributed by atoms with Crippen molar-refractivity contribution in [2.24, 2.45) is 7.05 Å². The number of benzene rings is 1. The van der Waals surface area contributed by atoms with Crippen LogP contribution >= 0.6 is 0 Å². The van der Waals surface area contributed by atoms with Gasteiger partial charge in [0, 0.05) is 12.4 Å². The van der Waals surface area contributed by atoms with Gasteiger partial charge in [-0.05, 0) is 6.07 Å². The van der Waals surface area contributed by atoms with Crippen LogP contribution in [-0.4, -0.2) is 25.2 Å². The standard InChI is InChI=1S/C11H12N6/c1-17-9(7-14-16-17)6-12-10-4-2-3-8-5-13-15-11(8)10/h2-5,7,12H,6H2,1H3,(H,13,15). The molecule has 86 valence electrons. The van der Waals surface area contributed by atoms with E-state index in [0.717, 1.165) is 22.3 Å². The van der Waals surface area contributed by atoms with Crippen molar-refractivity contribution in [3.05, 3.63) is 36.3 Å². The first-order valence-corrected chi connectivity index (χ1v) is 5.34. The van der Waals surface area contributed by atoms with Crippen molar-refractivity contribution in [1.82, 2.24) is 25.2 Å². The third-order valence-corrected chi connectivity index (χ3v) is 2.74. The van der Waals surface area contributed by atoms with E-state index >= 15 is 0 Å². The van der Waals surface area contributed by atoms with Gasteiger partial charge in [-0.1, -0.05) is 17.3 Å². The van der Waals surface area contributed by atoms with Gasteiger partial charge in [-0.25, -0.2) is 0 Å². The molecule has 2 N–H and O–H groups in total. The molecule has 0 radical (unpaired) electrons. The summed E-state index contributed by atoms with van der Waals surface area (Å²) in [6.45, 7) is 0.682.